The van der Waals surface area contributed by atoms with Crippen molar-refractivity contribution in [2.24, 2.45) is 0 Å². The summed E-state index contributed by atoms with van der Waals surface area (Å²) in [5.74, 6) is 1.10. The molecule has 0 unspecified atom stereocenters. The van der Waals surface area contributed by atoms with Crippen molar-refractivity contribution in [3.05, 3.63) is 28.9 Å². The zero-order chi connectivity index (χ0) is 17.4. The van der Waals surface area contributed by atoms with Crippen LogP contribution in [-0.4, -0.2) is 44.3 Å². The molecule has 6 nitrogen and oxygen atoms in total. The van der Waals surface area contributed by atoms with Gasteiger partial charge in [-0.25, -0.2) is 0 Å². The Morgan fingerprint density at radius 1 is 1.28 bits per heavy atom. The summed E-state index contributed by atoms with van der Waals surface area (Å²) in [6.45, 7) is 7.03. The minimum Gasteiger partial charge on any atom is -0.415 e. The zero-order valence-corrected chi connectivity index (χ0v) is 15.6. The Morgan fingerprint density at radius 3 is 2.76 bits per heavy atom. The van der Waals surface area contributed by atoms with Gasteiger partial charge in [-0.1, -0.05) is 11.8 Å². The molecule has 0 bridgehead atoms. The number of ketones is 1. The number of aryl methyl sites for hydroxylation is 1. The van der Waals surface area contributed by atoms with Gasteiger partial charge in [-0.2, -0.15) is 0 Å². The number of hydrogen-bond acceptors (Lipinski definition) is 6. The van der Waals surface area contributed by atoms with Crippen molar-refractivity contribution in [3.8, 4) is 0 Å². The van der Waals surface area contributed by atoms with Gasteiger partial charge in [0.25, 0.3) is 5.22 Å². The molecular formula is C18H24N4O2S. The standard InChI is InChI=1S/C18H24N4O2S/c1-12-9-15(13(2)22(12)14-5-6-14)16(23)11-25-18-20-19-17(24-18)10-21-7-3-4-8-21/h9,14H,3-8,10-11H2,1-2H3. The van der Waals surface area contributed by atoms with Crippen LogP contribution in [0.15, 0.2) is 15.7 Å². The molecule has 0 aromatic carbocycles. The third kappa shape index (κ3) is 3.67. The number of likely N-dealkylation sites (tertiary alicyclic amines) is 1. The summed E-state index contributed by atoms with van der Waals surface area (Å²) in [7, 11) is 0. The van der Waals surface area contributed by atoms with Gasteiger partial charge in [0.1, 0.15) is 0 Å². The fourth-order valence-corrected chi connectivity index (χ4v) is 4.32. The summed E-state index contributed by atoms with van der Waals surface area (Å²) >= 11 is 1.33. The van der Waals surface area contributed by atoms with E-state index >= 15 is 0 Å². The molecule has 134 valence electrons. The number of rotatable bonds is 7. The van der Waals surface area contributed by atoms with Crippen molar-refractivity contribution in [1.82, 2.24) is 19.7 Å². The Morgan fingerprint density at radius 2 is 2.04 bits per heavy atom. The summed E-state index contributed by atoms with van der Waals surface area (Å²) in [4.78, 5) is 14.9. The average molecular weight is 360 g/mol. The number of carbonyl (C=O) groups excluding carboxylic acids is 1. The summed E-state index contributed by atoms with van der Waals surface area (Å²) in [6, 6.07) is 2.61. The van der Waals surface area contributed by atoms with Crippen LogP contribution >= 0.6 is 11.8 Å². The largest absolute Gasteiger partial charge is 0.415 e. The van der Waals surface area contributed by atoms with Gasteiger partial charge in [0, 0.05) is 23.0 Å². The highest BCUT2D eigenvalue weighted by atomic mass is 32.2. The second-order valence-corrected chi connectivity index (χ2v) is 7.97. The lowest BCUT2D eigenvalue weighted by Crippen LogP contribution is -2.18. The Kier molecular flexibility index (Phi) is 4.69. The fourth-order valence-electron chi connectivity index (χ4n) is 3.65. The molecule has 0 spiro atoms. The van der Waals surface area contributed by atoms with Crippen LogP contribution in [0.25, 0.3) is 0 Å². The molecule has 0 amide bonds. The lowest BCUT2D eigenvalue weighted by Gasteiger charge is -2.10. The molecule has 0 radical (unpaired) electrons. The van der Waals surface area contributed by atoms with Crippen molar-refractivity contribution in [2.75, 3.05) is 18.8 Å². The SMILES string of the molecule is Cc1cc(C(=O)CSc2nnc(CN3CCCC3)o2)c(C)n1C1CC1. The first-order valence-electron chi connectivity index (χ1n) is 9.01. The monoisotopic (exact) mass is 360 g/mol. The number of Topliss-reactive ketones (excluding diaryl/α,β-unsaturated/α-hetero) is 1. The Balaban J connectivity index is 1.36. The Bertz CT molecular complexity index is 772. The maximum absolute atomic E-state index is 12.6. The van der Waals surface area contributed by atoms with Gasteiger partial charge in [0.2, 0.25) is 5.89 Å². The van der Waals surface area contributed by atoms with Gasteiger partial charge >= 0.3 is 0 Å². The first-order valence-corrected chi connectivity index (χ1v) is 9.99. The molecule has 1 saturated carbocycles. The molecule has 4 rings (SSSR count). The first kappa shape index (κ1) is 16.8. The van der Waals surface area contributed by atoms with Crippen LogP contribution in [0.2, 0.25) is 0 Å². The van der Waals surface area contributed by atoms with E-state index in [2.05, 4.69) is 26.6 Å². The van der Waals surface area contributed by atoms with Crippen molar-refractivity contribution in [3.63, 3.8) is 0 Å². The normalized spacial score (nSPS) is 18.2. The predicted octanol–water partition coefficient (Wildman–Crippen LogP) is 3.39. The zero-order valence-electron chi connectivity index (χ0n) is 14.8. The highest BCUT2D eigenvalue weighted by Gasteiger charge is 2.28. The van der Waals surface area contributed by atoms with Crippen molar-refractivity contribution >= 4 is 17.5 Å². The number of carbonyl (C=O) groups is 1. The van der Waals surface area contributed by atoms with Gasteiger partial charge in [-0.15, -0.1) is 10.2 Å². The molecule has 7 heteroatoms. The Labute approximate surface area is 152 Å². The first-order chi connectivity index (χ1) is 12.1. The molecule has 0 N–H and O–H groups in total. The minimum atomic E-state index is 0.129. The molecule has 2 aromatic heterocycles. The average Bonchev–Trinajstić information content (AvgIpc) is 2.99. The third-order valence-electron chi connectivity index (χ3n) is 5.03. The van der Waals surface area contributed by atoms with Gasteiger partial charge in [-0.05, 0) is 58.7 Å². The van der Waals surface area contributed by atoms with E-state index in [1.54, 1.807) is 0 Å². The minimum absolute atomic E-state index is 0.129. The van der Waals surface area contributed by atoms with E-state index in [1.807, 2.05) is 13.0 Å². The molecule has 25 heavy (non-hydrogen) atoms. The van der Waals surface area contributed by atoms with Crippen LogP contribution in [0.1, 0.15) is 59.4 Å². The summed E-state index contributed by atoms with van der Waals surface area (Å²) in [5, 5.41) is 8.66. The van der Waals surface area contributed by atoms with E-state index in [-0.39, 0.29) is 5.78 Å². The number of nitrogens with zero attached hydrogens (tertiary/aromatic N) is 4. The van der Waals surface area contributed by atoms with Crippen LogP contribution in [0.5, 0.6) is 0 Å². The van der Waals surface area contributed by atoms with E-state index in [0.29, 0.717) is 29.5 Å². The molecule has 1 saturated heterocycles. The van der Waals surface area contributed by atoms with Crippen molar-refractivity contribution in [1.29, 1.82) is 0 Å². The highest BCUT2D eigenvalue weighted by molar-refractivity contribution is 7.99. The van der Waals surface area contributed by atoms with Crippen LogP contribution < -0.4 is 0 Å². The topological polar surface area (TPSA) is 64.2 Å². The maximum atomic E-state index is 12.6. The molecule has 3 heterocycles. The molecule has 1 aliphatic carbocycles. The highest BCUT2D eigenvalue weighted by Crippen LogP contribution is 2.38. The third-order valence-corrected chi connectivity index (χ3v) is 5.85. The molecule has 0 atom stereocenters. The van der Waals surface area contributed by atoms with E-state index in [4.69, 9.17) is 4.42 Å². The summed E-state index contributed by atoms with van der Waals surface area (Å²) < 4.78 is 7.99. The second kappa shape index (κ2) is 6.96. The number of aromatic nitrogens is 3. The van der Waals surface area contributed by atoms with Crippen LogP contribution in [0, 0.1) is 13.8 Å². The van der Waals surface area contributed by atoms with E-state index in [9.17, 15) is 4.79 Å². The quantitative estimate of drug-likeness (QED) is 0.557. The lowest BCUT2D eigenvalue weighted by atomic mass is 10.2. The van der Waals surface area contributed by atoms with Gasteiger partial charge < -0.3 is 8.98 Å². The van der Waals surface area contributed by atoms with E-state index in [0.717, 1.165) is 24.3 Å². The maximum Gasteiger partial charge on any atom is 0.277 e. The number of hydrogen-bond donors (Lipinski definition) is 0. The van der Waals surface area contributed by atoms with Crippen LogP contribution in [0.3, 0.4) is 0 Å². The van der Waals surface area contributed by atoms with Crippen molar-refractivity contribution in [2.45, 2.75) is 57.3 Å². The Hall–Kier alpha value is -1.60. The second-order valence-electron chi connectivity index (χ2n) is 7.04. The number of thioether (sulfide) groups is 1. The van der Waals surface area contributed by atoms with E-state index in [1.165, 1.54) is 43.1 Å². The van der Waals surface area contributed by atoms with Crippen LogP contribution in [0.4, 0.5) is 0 Å². The van der Waals surface area contributed by atoms with E-state index < -0.39 is 0 Å². The molecule has 2 aliphatic rings. The molecule has 2 fully saturated rings. The molecular weight excluding hydrogens is 336 g/mol. The summed E-state index contributed by atoms with van der Waals surface area (Å²) in [5.41, 5.74) is 3.10. The van der Waals surface area contributed by atoms with Gasteiger partial charge in [0.15, 0.2) is 5.78 Å². The molecule has 2 aromatic rings. The lowest BCUT2D eigenvalue weighted by molar-refractivity contribution is 0.102. The summed E-state index contributed by atoms with van der Waals surface area (Å²) in [6.07, 6.45) is 4.92. The van der Waals surface area contributed by atoms with Crippen molar-refractivity contribution < 1.29 is 9.21 Å². The predicted molar refractivity (Wildman–Crippen MR) is 96.0 cm³/mol. The van der Waals surface area contributed by atoms with Gasteiger partial charge in [-0.3, -0.25) is 9.69 Å². The smallest absolute Gasteiger partial charge is 0.277 e. The van der Waals surface area contributed by atoms with Gasteiger partial charge in [0.05, 0.1) is 12.3 Å². The van der Waals surface area contributed by atoms with Crippen LogP contribution in [-0.2, 0) is 6.54 Å². The fraction of sp³-hybridized carbons (Fsp3) is 0.611. The molecule has 1 aliphatic heterocycles.